The third-order valence-electron chi connectivity index (χ3n) is 4.90. The second-order valence-electron chi connectivity index (χ2n) is 7.40. The number of anilines is 2. The van der Waals surface area contributed by atoms with Gasteiger partial charge in [0.15, 0.2) is 0 Å². The zero-order valence-corrected chi connectivity index (χ0v) is 17.3. The molecule has 0 aliphatic carbocycles. The molecule has 1 N–H and O–H groups in total. The summed E-state index contributed by atoms with van der Waals surface area (Å²) in [5.74, 6) is 0.104. The summed E-state index contributed by atoms with van der Waals surface area (Å²) in [6.45, 7) is 5.08. The van der Waals surface area contributed by atoms with Crippen molar-refractivity contribution in [1.29, 1.82) is 0 Å². The van der Waals surface area contributed by atoms with E-state index in [-0.39, 0.29) is 5.92 Å². The molecule has 6 nitrogen and oxygen atoms in total. The summed E-state index contributed by atoms with van der Waals surface area (Å²) in [6, 6.07) is 12.3. The van der Waals surface area contributed by atoms with Gasteiger partial charge in [0.05, 0.1) is 0 Å². The Hall–Kier alpha value is -1.96. The maximum absolute atomic E-state index is 12.5. The first-order chi connectivity index (χ1) is 12.8. The molecule has 1 aromatic carbocycles. The number of nitrogens with one attached hydrogen (secondary N) is 1. The van der Waals surface area contributed by atoms with Gasteiger partial charge in [-0.15, -0.1) is 0 Å². The van der Waals surface area contributed by atoms with Gasteiger partial charge in [0.25, 0.3) is 10.2 Å². The smallest absolute Gasteiger partial charge is 0.281 e. The van der Waals surface area contributed by atoms with Crippen LogP contribution in [-0.4, -0.2) is 49.2 Å². The molecule has 1 fully saturated rings. The topological polar surface area (TPSA) is 65.5 Å². The Balaban J connectivity index is 1.82. The number of pyridine rings is 1. The van der Waals surface area contributed by atoms with Crippen LogP contribution in [0, 0.1) is 13.8 Å². The van der Waals surface area contributed by atoms with Gasteiger partial charge in [0.1, 0.15) is 0 Å². The second kappa shape index (κ2) is 7.96. The van der Waals surface area contributed by atoms with Gasteiger partial charge in [-0.3, -0.25) is 4.98 Å². The number of benzene rings is 1. The van der Waals surface area contributed by atoms with Crippen LogP contribution < -0.4 is 5.32 Å². The van der Waals surface area contributed by atoms with Gasteiger partial charge < -0.3 is 5.32 Å². The fourth-order valence-corrected chi connectivity index (χ4v) is 4.59. The summed E-state index contributed by atoms with van der Waals surface area (Å²) < 4.78 is 27.8. The molecule has 146 valence electrons. The van der Waals surface area contributed by atoms with Gasteiger partial charge in [-0.05, 0) is 51.0 Å². The highest BCUT2D eigenvalue weighted by Crippen LogP contribution is 2.30. The Morgan fingerprint density at radius 1 is 1.11 bits per heavy atom. The third kappa shape index (κ3) is 4.66. The van der Waals surface area contributed by atoms with E-state index in [0.29, 0.717) is 13.1 Å². The van der Waals surface area contributed by atoms with Crippen molar-refractivity contribution in [3.05, 3.63) is 53.3 Å². The predicted molar refractivity (Wildman–Crippen MR) is 110 cm³/mol. The normalized spacial score (nSPS) is 18.6. The number of rotatable bonds is 5. The van der Waals surface area contributed by atoms with Crippen molar-refractivity contribution < 1.29 is 8.42 Å². The number of aromatic nitrogens is 1. The van der Waals surface area contributed by atoms with Crippen LogP contribution in [0.5, 0.6) is 0 Å². The van der Waals surface area contributed by atoms with Crippen molar-refractivity contribution in [3.8, 4) is 0 Å². The van der Waals surface area contributed by atoms with Crippen molar-refractivity contribution in [2.24, 2.45) is 0 Å². The molecule has 7 heteroatoms. The Morgan fingerprint density at radius 2 is 1.81 bits per heavy atom. The molecule has 1 atom stereocenters. The van der Waals surface area contributed by atoms with E-state index in [4.69, 9.17) is 4.98 Å². The second-order valence-corrected chi connectivity index (χ2v) is 9.54. The van der Waals surface area contributed by atoms with Gasteiger partial charge in [0.2, 0.25) is 0 Å². The monoisotopic (exact) mass is 388 g/mol. The lowest BCUT2D eigenvalue weighted by Gasteiger charge is -2.33. The SMILES string of the molecule is Cc1ccc(Nc2cc(C)nc(C3CCCN(S(=O)(=O)N(C)C)C3)c2)cc1. The highest BCUT2D eigenvalue weighted by atomic mass is 32.2. The Bertz CT molecular complexity index is 895. The van der Waals surface area contributed by atoms with Gasteiger partial charge in [-0.2, -0.15) is 17.0 Å². The van der Waals surface area contributed by atoms with Crippen LogP contribution in [0.3, 0.4) is 0 Å². The Morgan fingerprint density at radius 3 is 2.48 bits per heavy atom. The van der Waals surface area contributed by atoms with Crippen molar-refractivity contribution in [2.45, 2.75) is 32.6 Å². The van der Waals surface area contributed by atoms with Crippen LogP contribution in [0.25, 0.3) is 0 Å². The average Bonchev–Trinajstić information content (AvgIpc) is 2.63. The maximum Gasteiger partial charge on any atom is 0.281 e. The lowest BCUT2D eigenvalue weighted by molar-refractivity contribution is 0.296. The van der Waals surface area contributed by atoms with Crippen LogP contribution in [0.1, 0.15) is 35.7 Å². The fraction of sp³-hybridized carbons (Fsp3) is 0.450. The Kier molecular flexibility index (Phi) is 5.83. The van der Waals surface area contributed by atoms with Gasteiger partial charge in [-0.1, -0.05) is 17.7 Å². The minimum Gasteiger partial charge on any atom is -0.355 e. The largest absolute Gasteiger partial charge is 0.355 e. The van der Waals surface area contributed by atoms with Crippen LogP contribution >= 0.6 is 0 Å². The summed E-state index contributed by atoms with van der Waals surface area (Å²) in [7, 11) is -0.237. The van der Waals surface area contributed by atoms with E-state index >= 15 is 0 Å². The minimum absolute atomic E-state index is 0.104. The van der Waals surface area contributed by atoms with Gasteiger partial charge in [0, 0.05) is 55.9 Å². The molecule has 2 heterocycles. The quantitative estimate of drug-likeness (QED) is 0.852. The van der Waals surface area contributed by atoms with Crippen LogP contribution in [0.4, 0.5) is 11.4 Å². The maximum atomic E-state index is 12.5. The summed E-state index contributed by atoms with van der Waals surface area (Å²) >= 11 is 0. The molecule has 0 radical (unpaired) electrons. The number of hydrogen-bond acceptors (Lipinski definition) is 4. The van der Waals surface area contributed by atoms with Gasteiger partial charge >= 0.3 is 0 Å². The molecule has 1 aliphatic rings. The average molecular weight is 389 g/mol. The third-order valence-corrected chi connectivity index (χ3v) is 6.81. The molecule has 1 unspecified atom stereocenters. The zero-order valence-electron chi connectivity index (χ0n) is 16.4. The Labute approximate surface area is 162 Å². The first kappa shape index (κ1) is 19.8. The lowest BCUT2D eigenvalue weighted by Crippen LogP contribution is -2.45. The lowest BCUT2D eigenvalue weighted by atomic mass is 9.95. The summed E-state index contributed by atoms with van der Waals surface area (Å²) in [5, 5.41) is 3.43. The molecule has 0 saturated carbocycles. The number of piperidine rings is 1. The molecule has 0 bridgehead atoms. The van der Waals surface area contributed by atoms with E-state index in [1.807, 2.05) is 19.1 Å². The van der Waals surface area contributed by atoms with Crippen LogP contribution in [0.2, 0.25) is 0 Å². The zero-order chi connectivity index (χ0) is 19.6. The highest BCUT2D eigenvalue weighted by molar-refractivity contribution is 7.86. The van der Waals surface area contributed by atoms with Crippen molar-refractivity contribution in [3.63, 3.8) is 0 Å². The molecular formula is C20H28N4O2S. The number of aryl methyl sites for hydroxylation is 2. The fourth-order valence-electron chi connectivity index (χ4n) is 3.40. The number of hydrogen-bond donors (Lipinski definition) is 1. The van der Waals surface area contributed by atoms with E-state index in [1.165, 1.54) is 9.87 Å². The van der Waals surface area contributed by atoms with E-state index in [2.05, 4.69) is 36.5 Å². The number of nitrogens with zero attached hydrogens (tertiary/aromatic N) is 3. The van der Waals surface area contributed by atoms with Crippen molar-refractivity contribution >= 4 is 21.6 Å². The molecule has 2 aromatic rings. The van der Waals surface area contributed by atoms with Crippen molar-refractivity contribution in [1.82, 2.24) is 13.6 Å². The molecular weight excluding hydrogens is 360 g/mol. The van der Waals surface area contributed by atoms with E-state index < -0.39 is 10.2 Å². The highest BCUT2D eigenvalue weighted by Gasteiger charge is 2.31. The van der Waals surface area contributed by atoms with E-state index in [0.717, 1.165) is 35.6 Å². The first-order valence-electron chi connectivity index (χ1n) is 9.25. The molecule has 27 heavy (non-hydrogen) atoms. The van der Waals surface area contributed by atoms with E-state index in [1.54, 1.807) is 18.4 Å². The molecule has 0 spiro atoms. The minimum atomic E-state index is -3.39. The predicted octanol–water partition coefficient (Wildman–Crippen LogP) is 3.43. The standard InChI is InChI=1S/C20H28N4O2S/c1-15-7-9-18(10-8-15)22-19-12-16(2)21-20(13-19)17-6-5-11-24(14-17)27(25,26)23(3)4/h7-10,12-13,17H,5-6,11,14H2,1-4H3,(H,21,22). The van der Waals surface area contributed by atoms with Crippen LogP contribution in [0.15, 0.2) is 36.4 Å². The molecule has 0 amide bonds. The van der Waals surface area contributed by atoms with Gasteiger partial charge in [-0.25, -0.2) is 0 Å². The molecule has 1 aliphatic heterocycles. The van der Waals surface area contributed by atoms with Crippen LogP contribution in [-0.2, 0) is 10.2 Å². The summed E-state index contributed by atoms with van der Waals surface area (Å²) in [5.41, 5.74) is 5.10. The first-order valence-corrected chi connectivity index (χ1v) is 10.7. The molecule has 1 aromatic heterocycles. The van der Waals surface area contributed by atoms with Crippen molar-refractivity contribution in [2.75, 3.05) is 32.5 Å². The van der Waals surface area contributed by atoms with E-state index in [9.17, 15) is 8.42 Å². The summed E-state index contributed by atoms with van der Waals surface area (Å²) in [6.07, 6.45) is 1.79. The molecule has 1 saturated heterocycles. The molecule has 3 rings (SSSR count). The summed E-state index contributed by atoms with van der Waals surface area (Å²) in [4.78, 5) is 4.70.